The fourth-order valence-corrected chi connectivity index (χ4v) is 4.91. The molecule has 0 radical (unpaired) electrons. The molecule has 1 unspecified atom stereocenters. The van der Waals surface area contributed by atoms with Gasteiger partial charge in [-0.1, -0.05) is 18.2 Å². The van der Waals surface area contributed by atoms with E-state index in [1.54, 1.807) is 30.1 Å². The van der Waals surface area contributed by atoms with E-state index in [9.17, 15) is 14.4 Å². The maximum atomic E-state index is 13.2. The summed E-state index contributed by atoms with van der Waals surface area (Å²) in [5.74, 6) is 1.21. The number of amides is 3. The van der Waals surface area contributed by atoms with Gasteiger partial charge in [-0.25, -0.2) is 0 Å². The van der Waals surface area contributed by atoms with E-state index in [-0.39, 0.29) is 17.7 Å². The Morgan fingerprint density at radius 2 is 1.85 bits per heavy atom. The van der Waals surface area contributed by atoms with Crippen molar-refractivity contribution in [3.8, 4) is 11.5 Å². The van der Waals surface area contributed by atoms with Gasteiger partial charge in [0.15, 0.2) is 11.5 Å². The fraction of sp³-hybridized carbons (Fsp3) is 0.423. The summed E-state index contributed by atoms with van der Waals surface area (Å²) >= 11 is 0. The quantitative estimate of drug-likeness (QED) is 0.615. The topological polar surface area (TPSA) is 88.2 Å². The van der Waals surface area contributed by atoms with Crippen LogP contribution in [0.3, 0.4) is 0 Å². The Balaban J connectivity index is 1.31. The maximum Gasteiger partial charge on any atom is 0.257 e. The molecule has 34 heavy (non-hydrogen) atoms. The molecule has 8 nitrogen and oxygen atoms in total. The lowest BCUT2D eigenvalue weighted by Gasteiger charge is -2.48. The number of anilines is 1. The van der Waals surface area contributed by atoms with Crippen LogP contribution in [0.25, 0.3) is 0 Å². The number of fused-ring (bicyclic) bond motifs is 3. The first kappa shape index (κ1) is 23.6. The van der Waals surface area contributed by atoms with Crippen molar-refractivity contribution in [2.45, 2.75) is 44.7 Å². The molecule has 0 bridgehead atoms. The van der Waals surface area contributed by atoms with Gasteiger partial charge in [-0.15, -0.1) is 0 Å². The third kappa shape index (κ3) is 4.32. The Hall–Kier alpha value is -3.55. The third-order valence-electron chi connectivity index (χ3n) is 6.71. The number of nitrogens with zero attached hydrogens (tertiary/aromatic N) is 2. The molecule has 1 saturated heterocycles. The van der Waals surface area contributed by atoms with Gasteiger partial charge in [-0.3, -0.25) is 19.3 Å². The molecule has 2 heterocycles. The average molecular weight is 466 g/mol. The molecule has 180 valence electrons. The van der Waals surface area contributed by atoms with Gasteiger partial charge in [0.25, 0.3) is 5.91 Å². The molecule has 0 aliphatic carbocycles. The van der Waals surface area contributed by atoms with Gasteiger partial charge < -0.3 is 19.7 Å². The van der Waals surface area contributed by atoms with E-state index >= 15 is 0 Å². The van der Waals surface area contributed by atoms with Crippen molar-refractivity contribution in [2.75, 3.05) is 32.2 Å². The van der Waals surface area contributed by atoms with Crippen LogP contribution < -0.4 is 19.7 Å². The second kappa shape index (κ2) is 9.75. The van der Waals surface area contributed by atoms with Crippen molar-refractivity contribution < 1.29 is 23.9 Å². The van der Waals surface area contributed by atoms with E-state index in [2.05, 4.69) is 5.32 Å². The molecule has 2 aliphatic heterocycles. The lowest BCUT2D eigenvalue weighted by atomic mass is 9.98. The van der Waals surface area contributed by atoms with E-state index in [0.717, 1.165) is 5.56 Å². The number of benzene rings is 2. The summed E-state index contributed by atoms with van der Waals surface area (Å²) in [7, 11) is 3.19. The summed E-state index contributed by atoms with van der Waals surface area (Å²) < 4.78 is 10.6. The summed E-state index contributed by atoms with van der Waals surface area (Å²) in [5, 5.41) is 2.95. The third-order valence-corrected chi connectivity index (χ3v) is 6.71. The second-order valence-electron chi connectivity index (χ2n) is 8.81. The molecule has 4 rings (SSSR count). The van der Waals surface area contributed by atoms with E-state index in [0.29, 0.717) is 67.9 Å². The van der Waals surface area contributed by atoms with Crippen LogP contribution in [0, 0.1) is 0 Å². The van der Waals surface area contributed by atoms with Crippen LogP contribution in [0.15, 0.2) is 42.5 Å². The number of rotatable bonds is 9. The zero-order chi connectivity index (χ0) is 24.3. The van der Waals surface area contributed by atoms with Crippen molar-refractivity contribution in [3.05, 3.63) is 53.6 Å². The zero-order valence-corrected chi connectivity index (χ0v) is 19.9. The number of carbonyl (C=O) groups is 3. The maximum absolute atomic E-state index is 13.2. The van der Waals surface area contributed by atoms with Gasteiger partial charge in [0.2, 0.25) is 11.8 Å². The van der Waals surface area contributed by atoms with Crippen LogP contribution in [0.4, 0.5) is 5.69 Å². The first-order valence-electron chi connectivity index (χ1n) is 11.6. The van der Waals surface area contributed by atoms with Crippen molar-refractivity contribution >= 4 is 23.4 Å². The normalized spacial score (nSPS) is 19.0. The Morgan fingerprint density at radius 3 is 2.62 bits per heavy atom. The minimum atomic E-state index is -0.688. The first-order valence-corrected chi connectivity index (χ1v) is 11.6. The van der Waals surface area contributed by atoms with Gasteiger partial charge in [0.05, 0.1) is 25.5 Å². The van der Waals surface area contributed by atoms with Crippen LogP contribution >= 0.6 is 0 Å². The van der Waals surface area contributed by atoms with Crippen molar-refractivity contribution in [2.24, 2.45) is 0 Å². The zero-order valence-electron chi connectivity index (χ0n) is 19.9. The van der Waals surface area contributed by atoms with Gasteiger partial charge in [0.1, 0.15) is 5.66 Å². The number of ether oxygens (including phenoxy) is 2. The summed E-state index contributed by atoms with van der Waals surface area (Å²) in [6.45, 7) is 2.86. The smallest absolute Gasteiger partial charge is 0.257 e. The summed E-state index contributed by atoms with van der Waals surface area (Å²) in [4.78, 5) is 41.8. The van der Waals surface area contributed by atoms with E-state index < -0.39 is 5.66 Å². The molecule has 0 aromatic heterocycles. The molecular weight excluding hydrogens is 434 g/mol. The predicted octanol–water partition coefficient (Wildman–Crippen LogP) is 3.14. The fourth-order valence-electron chi connectivity index (χ4n) is 4.91. The highest BCUT2D eigenvalue weighted by Gasteiger charge is 2.52. The number of carbonyl (C=O) groups excluding carboxylic acids is 3. The molecule has 3 amide bonds. The summed E-state index contributed by atoms with van der Waals surface area (Å²) in [5.41, 5.74) is 1.57. The molecule has 1 fully saturated rings. The molecule has 8 heteroatoms. The van der Waals surface area contributed by atoms with Gasteiger partial charge >= 0.3 is 0 Å². The minimum Gasteiger partial charge on any atom is -0.493 e. The number of hydrogen-bond acceptors (Lipinski definition) is 5. The van der Waals surface area contributed by atoms with Crippen molar-refractivity contribution in [1.29, 1.82) is 0 Å². The number of nitrogens with one attached hydrogen (secondary N) is 1. The van der Waals surface area contributed by atoms with E-state index in [1.165, 1.54) is 0 Å². The SMILES string of the molecule is COc1ccc(CCNC(=O)CCCN2C(=O)c3ccccc3N3C(=O)CCC23C)cc1OC. The molecule has 0 spiro atoms. The van der Waals surface area contributed by atoms with Crippen LogP contribution in [0.5, 0.6) is 11.5 Å². The van der Waals surface area contributed by atoms with Gasteiger partial charge in [0, 0.05) is 25.9 Å². The number of para-hydroxylation sites is 1. The predicted molar refractivity (Wildman–Crippen MR) is 128 cm³/mol. The van der Waals surface area contributed by atoms with Gasteiger partial charge in [-0.05, 0) is 56.0 Å². The average Bonchev–Trinajstić information content (AvgIpc) is 3.16. The first-order chi connectivity index (χ1) is 16.4. The number of methoxy groups -OCH3 is 2. The highest BCUT2D eigenvalue weighted by molar-refractivity contribution is 6.10. The summed E-state index contributed by atoms with van der Waals surface area (Å²) in [6.07, 6.45) is 2.49. The Labute approximate surface area is 199 Å². The standard InChI is InChI=1S/C26H31N3O5/c1-26-14-12-24(31)29(26)20-8-5-4-7-19(20)25(32)28(26)16-6-9-23(30)27-15-13-18-10-11-21(33-2)22(17-18)34-3/h4-5,7-8,10-11,17H,6,9,12-16H2,1-3H3,(H,27,30). The Morgan fingerprint density at radius 1 is 1.09 bits per heavy atom. The molecule has 2 aliphatic rings. The Bertz CT molecular complexity index is 1100. The van der Waals surface area contributed by atoms with Crippen molar-refractivity contribution in [1.82, 2.24) is 10.2 Å². The van der Waals surface area contributed by atoms with Crippen LogP contribution in [-0.2, 0) is 16.0 Å². The lowest BCUT2D eigenvalue weighted by Crippen LogP contribution is -2.62. The van der Waals surface area contributed by atoms with Crippen molar-refractivity contribution in [3.63, 3.8) is 0 Å². The minimum absolute atomic E-state index is 0.0281. The Kier molecular flexibility index (Phi) is 6.77. The molecule has 1 atom stereocenters. The van der Waals surface area contributed by atoms with Crippen LogP contribution in [0.2, 0.25) is 0 Å². The molecular formula is C26H31N3O5. The molecule has 0 saturated carbocycles. The summed E-state index contributed by atoms with van der Waals surface area (Å²) in [6, 6.07) is 12.9. The van der Waals surface area contributed by atoms with Gasteiger partial charge in [-0.2, -0.15) is 0 Å². The second-order valence-corrected chi connectivity index (χ2v) is 8.81. The lowest BCUT2D eigenvalue weighted by molar-refractivity contribution is -0.121. The number of hydrogen-bond donors (Lipinski definition) is 1. The highest BCUT2D eigenvalue weighted by atomic mass is 16.5. The largest absolute Gasteiger partial charge is 0.493 e. The van der Waals surface area contributed by atoms with E-state index in [4.69, 9.17) is 9.47 Å². The van der Waals surface area contributed by atoms with Crippen LogP contribution in [0.1, 0.15) is 48.5 Å². The monoisotopic (exact) mass is 465 g/mol. The molecule has 1 N–H and O–H groups in total. The highest BCUT2D eigenvalue weighted by Crippen LogP contribution is 2.44. The molecule has 2 aromatic rings. The van der Waals surface area contributed by atoms with E-state index in [1.807, 2.05) is 43.3 Å². The molecule has 2 aromatic carbocycles. The van der Waals surface area contributed by atoms with Crippen LogP contribution in [-0.4, -0.2) is 55.6 Å².